The molecule has 0 aliphatic heterocycles. The van der Waals surface area contributed by atoms with Crippen LogP contribution in [0.2, 0.25) is 0 Å². The fraction of sp³-hybridized carbons (Fsp3) is 1.00. The molecule has 20 heavy (non-hydrogen) atoms. The topological polar surface area (TPSA) is 29.1 Å². The van der Waals surface area contributed by atoms with E-state index in [4.69, 9.17) is 0 Å². The summed E-state index contributed by atoms with van der Waals surface area (Å²) >= 11 is 0. The lowest BCUT2D eigenvalue weighted by atomic mass is 9.90. The molecule has 0 saturated heterocycles. The van der Waals surface area contributed by atoms with E-state index in [2.05, 4.69) is 33.0 Å². The van der Waals surface area contributed by atoms with Crippen molar-refractivity contribution in [2.75, 3.05) is 6.54 Å². The molecule has 0 radical (unpaired) electrons. The van der Waals surface area contributed by atoms with E-state index in [9.17, 15) is 4.21 Å². The second-order valence-electron chi connectivity index (χ2n) is 6.52. The Bertz CT molecular complexity index is 282. The minimum absolute atomic E-state index is 0.344. The van der Waals surface area contributed by atoms with Crippen LogP contribution in [0.15, 0.2) is 0 Å². The van der Waals surface area contributed by atoms with Crippen molar-refractivity contribution < 1.29 is 4.21 Å². The van der Waals surface area contributed by atoms with Gasteiger partial charge in [0.15, 0.2) is 0 Å². The largest absolute Gasteiger partial charge is 0.313 e. The maximum Gasteiger partial charge on any atom is 0.0501 e. The first-order chi connectivity index (χ1) is 9.63. The molecule has 1 rings (SSSR count). The molecule has 1 N–H and O–H groups in total. The molecule has 120 valence electrons. The Morgan fingerprint density at radius 2 is 1.95 bits per heavy atom. The summed E-state index contributed by atoms with van der Waals surface area (Å²) in [5.41, 5.74) is 0. The Kier molecular flexibility index (Phi) is 9.03. The zero-order valence-electron chi connectivity index (χ0n) is 14.0. The molecule has 0 amide bonds. The molecule has 2 nitrogen and oxygen atoms in total. The third-order valence-electron chi connectivity index (χ3n) is 4.62. The lowest BCUT2D eigenvalue weighted by Crippen LogP contribution is -2.45. The van der Waals surface area contributed by atoms with Crippen molar-refractivity contribution in [2.24, 2.45) is 5.92 Å². The van der Waals surface area contributed by atoms with Crippen LogP contribution in [0.5, 0.6) is 0 Å². The van der Waals surface area contributed by atoms with Crippen LogP contribution in [0, 0.1) is 5.92 Å². The van der Waals surface area contributed by atoms with Crippen molar-refractivity contribution in [3.05, 3.63) is 0 Å². The lowest BCUT2D eigenvalue weighted by molar-refractivity contribution is 0.383. The molecule has 1 aliphatic rings. The van der Waals surface area contributed by atoms with Gasteiger partial charge in [-0.05, 0) is 44.6 Å². The van der Waals surface area contributed by atoms with Gasteiger partial charge in [-0.25, -0.2) is 0 Å². The van der Waals surface area contributed by atoms with E-state index in [-0.39, 0.29) is 0 Å². The molecule has 0 spiro atoms. The summed E-state index contributed by atoms with van der Waals surface area (Å²) in [5.74, 6) is 0.767. The normalized spacial score (nSPS) is 28.0. The van der Waals surface area contributed by atoms with Gasteiger partial charge in [0.1, 0.15) is 0 Å². The van der Waals surface area contributed by atoms with E-state index in [1.54, 1.807) is 0 Å². The van der Waals surface area contributed by atoms with E-state index < -0.39 is 10.8 Å². The molecule has 5 unspecified atom stereocenters. The summed E-state index contributed by atoms with van der Waals surface area (Å²) in [6, 6.07) is 0.447. The van der Waals surface area contributed by atoms with Crippen molar-refractivity contribution in [1.29, 1.82) is 0 Å². The predicted molar refractivity (Wildman–Crippen MR) is 90.6 cm³/mol. The van der Waals surface area contributed by atoms with Gasteiger partial charge < -0.3 is 5.32 Å². The molecule has 0 aromatic carbocycles. The Hall–Kier alpha value is 0.110. The fourth-order valence-corrected chi connectivity index (χ4v) is 5.80. The highest BCUT2D eigenvalue weighted by Crippen LogP contribution is 2.30. The molecular formula is C17H35NOS. The molecule has 1 saturated carbocycles. The summed E-state index contributed by atoms with van der Waals surface area (Å²) in [4.78, 5) is 0. The van der Waals surface area contributed by atoms with E-state index in [0.717, 1.165) is 31.7 Å². The molecule has 0 bridgehead atoms. The van der Waals surface area contributed by atoms with Gasteiger partial charge in [0.25, 0.3) is 0 Å². The van der Waals surface area contributed by atoms with E-state index in [1.807, 2.05) is 0 Å². The van der Waals surface area contributed by atoms with Gasteiger partial charge in [-0.3, -0.25) is 4.21 Å². The zero-order valence-corrected chi connectivity index (χ0v) is 14.8. The third kappa shape index (κ3) is 5.48. The van der Waals surface area contributed by atoms with Crippen LogP contribution in [0.4, 0.5) is 0 Å². The molecule has 5 atom stereocenters. The molecule has 0 aromatic rings. The number of rotatable bonds is 9. The van der Waals surface area contributed by atoms with Crippen molar-refractivity contribution in [1.82, 2.24) is 5.32 Å². The molecule has 1 aliphatic carbocycles. The van der Waals surface area contributed by atoms with E-state index in [0.29, 0.717) is 16.5 Å². The highest BCUT2D eigenvalue weighted by atomic mass is 32.2. The number of hydrogen-bond acceptors (Lipinski definition) is 2. The highest BCUT2D eigenvalue weighted by Gasteiger charge is 2.32. The first-order valence-electron chi connectivity index (χ1n) is 8.76. The van der Waals surface area contributed by atoms with Gasteiger partial charge >= 0.3 is 0 Å². The minimum Gasteiger partial charge on any atom is -0.313 e. The third-order valence-corrected chi connectivity index (χ3v) is 6.97. The van der Waals surface area contributed by atoms with Crippen molar-refractivity contribution in [3.8, 4) is 0 Å². The van der Waals surface area contributed by atoms with Gasteiger partial charge in [-0.2, -0.15) is 0 Å². The molecule has 3 heteroatoms. The van der Waals surface area contributed by atoms with Crippen LogP contribution in [-0.2, 0) is 10.8 Å². The molecule has 0 aromatic heterocycles. The van der Waals surface area contributed by atoms with Crippen molar-refractivity contribution in [3.63, 3.8) is 0 Å². The van der Waals surface area contributed by atoms with Gasteiger partial charge in [0, 0.05) is 22.1 Å². The smallest absolute Gasteiger partial charge is 0.0501 e. The van der Waals surface area contributed by atoms with Crippen LogP contribution in [0.25, 0.3) is 0 Å². The Morgan fingerprint density at radius 1 is 1.20 bits per heavy atom. The zero-order chi connectivity index (χ0) is 15.0. The van der Waals surface area contributed by atoms with Crippen LogP contribution < -0.4 is 5.32 Å². The summed E-state index contributed by atoms with van der Waals surface area (Å²) in [6.07, 6.45) is 9.49. The maximum atomic E-state index is 13.0. The molecule has 0 heterocycles. The minimum atomic E-state index is -0.662. The number of hydrogen-bond donors (Lipinski definition) is 1. The van der Waals surface area contributed by atoms with Crippen LogP contribution in [0.3, 0.4) is 0 Å². The standard InChI is InChI=1S/C17H35NOS/c1-5-9-16(18-12-6-2)17(7-3)20(19)15-11-8-10-14(4)13-15/h14-18H,5-13H2,1-4H3. The summed E-state index contributed by atoms with van der Waals surface area (Å²) in [7, 11) is -0.662. The lowest BCUT2D eigenvalue weighted by Gasteiger charge is -2.33. The average Bonchev–Trinajstić information content (AvgIpc) is 2.45. The van der Waals surface area contributed by atoms with Crippen LogP contribution >= 0.6 is 0 Å². The number of nitrogens with one attached hydrogen (secondary N) is 1. The van der Waals surface area contributed by atoms with Crippen LogP contribution in [0.1, 0.15) is 79.1 Å². The van der Waals surface area contributed by atoms with Crippen molar-refractivity contribution in [2.45, 2.75) is 95.6 Å². The maximum absolute atomic E-state index is 13.0. The first-order valence-corrected chi connectivity index (χ1v) is 10.0. The van der Waals surface area contributed by atoms with Gasteiger partial charge in [-0.1, -0.05) is 47.0 Å². The Morgan fingerprint density at radius 3 is 2.50 bits per heavy atom. The van der Waals surface area contributed by atoms with Crippen LogP contribution in [-0.4, -0.2) is 27.3 Å². The van der Waals surface area contributed by atoms with Crippen molar-refractivity contribution >= 4 is 10.8 Å². The molecular weight excluding hydrogens is 266 g/mol. The van der Waals surface area contributed by atoms with Gasteiger partial charge in [0.2, 0.25) is 0 Å². The van der Waals surface area contributed by atoms with Gasteiger partial charge in [0.05, 0.1) is 5.25 Å². The summed E-state index contributed by atoms with van der Waals surface area (Å²) < 4.78 is 13.0. The highest BCUT2D eigenvalue weighted by molar-refractivity contribution is 7.86. The first kappa shape index (κ1) is 18.2. The second kappa shape index (κ2) is 9.94. The second-order valence-corrected chi connectivity index (χ2v) is 8.45. The quantitative estimate of drug-likeness (QED) is 0.689. The SMILES string of the molecule is CCCNC(CCC)C(CC)S(=O)C1CCCC(C)C1. The Labute approximate surface area is 128 Å². The Balaban J connectivity index is 2.66. The monoisotopic (exact) mass is 301 g/mol. The van der Waals surface area contributed by atoms with E-state index >= 15 is 0 Å². The predicted octanol–water partition coefficient (Wildman–Crippen LogP) is 4.26. The fourth-order valence-electron chi connectivity index (χ4n) is 3.51. The summed E-state index contributed by atoms with van der Waals surface area (Å²) in [6.45, 7) is 10.0. The summed E-state index contributed by atoms with van der Waals surface area (Å²) in [5, 5.41) is 4.45. The van der Waals surface area contributed by atoms with E-state index in [1.165, 1.54) is 32.1 Å². The average molecular weight is 302 g/mol. The molecule has 1 fully saturated rings. The van der Waals surface area contributed by atoms with Gasteiger partial charge in [-0.15, -0.1) is 0 Å².